The van der Waals surface area contributed by atoms with Crippen LogP contribution in [0, 0.1) is 5.82 Å². The summed E-state index contributed by atoms with van der Waals surface area (Å²) in [5, 5.41) is 33.1. The molecule has 2 unspecified atom stereocenters. The molecular weight excluding hydrogens is 748 g/mol. The first kappa shape index (κ1) is 38.4. The third-order valence-corrected chi connectivity index (χ3v) is 12.5. The van der Waals surface area contributed by atoms with Crippen LogP contribution in [-0.2, 0) is 30.6 Å². The van der Waals surface area contributed by atoms with E-state index in [0.717, 1.165) is 46.3 Å². The van der Waals surface area contributed by atoms with Gasteiger partial charge in [-0.1, -0.05) is 12.1 Å². The van der Waals surface area contributed by atoms with Crippen molar-refractivity contribution in [3.63, 3.8) is 0 Å². The van der Waals surface area contributed by atoms with Crippen molar-refractivity contribution >= 4 is 80.4 Å². The molecule has 15 nitrogen and oxygen atoms in total. The van der Waals surface area contributed by atoms with Gasteiger partial charge in [0.15, 0.2) is 17.0 Å². The summed E-state index contributed by atoms with van der Waals surface area (Å²) in [6.07, 6.45) is 1.93. The minimum atomic E-state index is -1.79. The minimum Gasteiger partial charge on any atom is -0.543 e. The highest BCUT2D eigenvalue weighted by atomic mass is 32.2. The number of nitrogens with one attached hydrogen (secondary N) is 2. The first-order valence-corrected chi connectivity index (χ1v) is 19.8. The van der Waals surface area contributed by atoms with Crippen LogP contribution in [0.2, 0.25) is 0 Å². The Kier molecular flexibility index (Phi) is 11.3. The fourth-order valence-corrected chi connectivity index (χ4v) is 9.45. The zero-order valence-corrected chi connectivity index (χ0v) is 31.8. The maximum absolute atomic E-state index is 15.8. The van der Waals surface area contributed by atoms with Gasteiger partial charge in [-0.15, -0.1) is 34.9 Å². The topological polar surface area (TPSA) is 206 Å². The summed E-state index contributed by atoms with van der Waals surface area (Å²) in [5.41, 5.74) is 5.20. The number of β-lactam (4-membered cyclic amide) rings is 1. The molecule has 5 N–H and O–H groups in total. The van der Waals surface area contributed by atoms with Crippen molar-refractivity contribution in [1.82, 2.24) is 25.4 Å². The van der Waals surface area contributed by atoms with Gasteiger partial charge in [-0.25, -0.2) is 14.2 Å². The number of pyridine rings is 1. The van der Waals surface area contributed by atoms with Gasteiger partial charge in [-0.05, 0) is 39.0 Å². The molecule has 0 spiro atoms. The van der Waals surface area contributed by atoms with Gasteiger partial charge in [-0.2, -0.15) is 4.57 Å². The van der Waals surface area contributed by atoms with Crippen LogP contribution in [0.3, 0.4) is 0 Å². The number of nitrogens with zero attached hydrogens (tertiary/aromatic N) is 5. The number of amides is 2. The second-order valence-corrected chi connectivity index (χ2v) is 16.0. The number of hydrogen-bond acceptors (Lipinski definition) is 14. The fourth-order valence-electron chi connectivity index (χ4n) is 6.39. The molecule has 5 heterocycles. The van der Waals surface area contributed by atoms with Crippen molar-refractivity contribution < 1.29 is 43.2 Å². The largest absolute Gasteiger partial charge is 0.543 e. The Morgan fingerprint density at radius 3 is 2.75 bits per heavy atom. The van der Waals surface area contributed by atoms with Crippen molar-refractivity contribution in [2.24, 2.45) is 5.16 Å². The molecule has 0 saturated carbocycles. The zero-order valence-electron chi connectivity index (χ0n) is 29.4. The Hall–Kier alpha value is -4.30. The summed E-state index contributed by atoms with van der Waals surface area (Å²) >= 11 is 3.63. The number of fused-ring (bicyclic) bond motifs is 2. The van der Waals surface area contributed by atoms with E-state index in [1.165, 1.54) is 42.8 Å². The number of thiazole rings is 1. The number of rotatable bonds is 13. The van der Waals surface area contributed by atoms with Crippen molar-refractivity contribution in [3.8, 4) is 0 Å². The Morgan fingerprint density at radius 2 is 2.09 bits per heavy atom. The average Bonchev–Trinajstić information content (AvgIpc) is 3.57. The zero-order chi connectivity index (χ0) is 38.2. The van der Waals surface area contributed by atoms with Crippen LogP contribution in [-0.4, -0.2) is 104 Å². The molecular formula is C34H39FN8O7S3. The van der Waals surface area contributed by atoms with E-state index >= 15 is 4.39 Å². The Bertz CT molecular complexity index is 2040. The quantitative estimate of drug-likeness (QED) is 0.0630. The number of carboxylic acids is 2. The van der Waals surface area contributed by atoms with Crippen molar-refractivity contribution in [3.05, 3.63) is 58.1 Å². The van der Waals surface area contributed by atoms with Crippen LogP contribution in [0.1, 0.15) is 45.0 Å². The normalized spacial score (nSPS) is 21.0. The van der Waals surface area contributed by atoms with E-state index in [9.17, 15) is 29.4 Å². The summed E-state index contributed by atoms with van der Waals surface area (Å²) in [5.74, 6) is -4.35. The van der Waals surface area contributed by atoms with Gasteiger partial charge in [0.05, 0.1) is 23.1 Å². The number of likely N-dealkylation sites (N-methyl/N-ethyl adjacent to an activating group) is 1. The number of nitrogens with two attached hydrogens (primary N) is 1. The fraction of sp³-hybridized carbons (Fsp3) is 0.441. The van der Waals surface area contributed by atoms with E-state index in [-0.39, 0.29) is 39.9 Å². The molecule has 6 rings (SSSR count). The van der Waals surface area contributed by atoms with E-state index < -0.39 is 46.5 Å². The first-order chi connectivity index (χ1) is 25.2. The highest BCUT2D eigenvalue weighted by Crippen LogP contribution is 2.42. The number of nitrogen functional groups attached to an aromatic ring is 1. The lowest BCUT2D eigenvalue weighted by molar-refractivity contribution is -0.668. The number of carbonyl (C=O) groups is 4. The standard InChI is InChI=1S/C34H39FN8O7S3/c1-5-41-9-7-24(19-11-20(35)18(12-22(19)41)23-13-37-8-10-42(23)6-2)51-14-17-15-52-30-26(29(45)43(30)27(17)31(46)47)39-28(44)25(21-16-53-33(36)38-21)40-50-34(3,4)32(48)49/h7,9,11-12,16,23,26,30,37H,5-6,8,10,13-15H2,1-4H3,(H4-,36,38,39,44,46,47,48,49)/b40-25-/t23?,26?,30-/m1/s1. The van der Waals surface area contributed by atoms with Crippen molar-refractivity contribution in [1.29, 1.82) is 0 Å². The number of thioether (sulfide) groups is 2. The van der Waals surface area contributed by atoms with Crippen LogP contribution in [0.25, 0.3) is 10.9 Å². The number of halogens is 1. The summed E-state index contributed by atoms with van der Waals surface area (Å²) in [7, 11) is 0. The third-order valence-electron chi connectivity index (χ3n) is 9.34. The van der Waals surface area contributed by atoms with E-state index in [2.05, 4.69) is 32.6 Å². The molecule has 2 saturated heterocycles. The predicted octanol–water partition coefficient (Wildman–Crippen LogP) is 1.07. The smallest absolute Gasteiger partial charge is 0.350 e. The molecule has 282 valence electrons. The summed E-state index contributed by atoms with van der Waals surface area (Å²) < 4.78 is 17.9. The predicted molar refractivity (Wildman–Crippen MR) is 196 cm³/mol. The summed E-state index contributed by atoms with van der Waals surface area (Å²) in [6, 6.07) is 4.11. The number of aryl methyl sites for hydroxylation is 1. The molecule has 0 bridgehead atoms. The highest BCUT2D eigenvalue weighted by Gasteiger charge is 2.53. The molecule has 3 atom stereocenters. The number of aliphatic carboxylic acids is 2. The van der Waals surface area contributed by atoms with Gasteiger partial charge in [0, 0.05) is 59.1 Å². The lowest BCUT2D eigenvalue weighted by Gasteiger charge is -2.50. The third kappa shape index (κ3) is 7.57. The number of carboxylic acid groups (broad SMARTS) is 2. The van der Waals surface area contributed by atoms with Gasteiger partial charge in [0.2, 0.25) is 11.1 Å². The molecule has 3 aliphatic heterocycles. The number of oxime groups is 1. The van der Waals surface area contributed by atoms with Crippen LogP contribution in [0.4, 0.5) is 9.52 Å². The van der Waals surface area contributed by atoms with Gasteiger partial charge >= 0.3 is 5.97 Å². The van der Waals surface area contributed by atoms with Crippen LogP contribution in [0.5, 0.6) is 0 Å². The molecule has 19 heteroatoms. The molecule has 2 amide bonds. The average molecular weight is 787 g/mol. The van der Waals surface area contributed by atoms with E-state index in [0.29, 0.717) is 29.6 Å². The molecule has 1 aromatic carbocycles. The highest BCUT2D eigenvalue weighted by molar-refractivity contribution is 8.01. The second kappa shape index (κ2) is 15.6. The lowest BCUT2D eigenvalue weighted by Crippen LogP contribution is -2.71. The Morgan fingerprint density at radius 1 is 1.32 bits per heavy atom. The van der Waals surface area contributed by atoms with Crippen molar-refractivity contribution in [2.45, 2.75) is 62.2 Å². The number of anilines is 1. The van der Waals surface area contributed by atoms with Gasteiger partial charge in [0.25, 0.3) is 11.8 Å². The molecule has 53 heavy (non-hydrogen) atoms. The van der Waals surface area contributed by atoms with Crippen LogP contribution in [0.15, 0.2) is 51.1 Å². The Balaban J connectivity index is 1.22. The minimum absolute atomic E-state index is 0.00340. The summed E-state index contributed by atoms with van der Waals surface area (Å²) in [6.45, 7) is 10.3. The van der Waals surface area contributed by atoms with E-state index in [1.54, 1.807) is 6.07 Å². The SMILES string of the molecule is CCN1CCNCC1c1cc2c(cc1F)c(SCC1=C(C(=O)[O-])N3C(=O)C(NC(=O)/C(=N\OC(C)(C)C(=O)O)c4csc(N)n4)[C@H]3SC1)cc[n+]2CC. The number of aromatic nitrogens is 2. The molecule has 2 aromatic heterocycles. The van der Waals surface area contributed by atoms with Crippen molar-refractivity contribution in [2.75, 3.05) is 43.4 Å². The van der Waals surface area contributed by atoms with E-state index in [1.807, 2.05) is 29.8 Å². The number of hydrogen-bond donors (Lipinski definition) is 4. The second-order valence-electron chi connectivity index (χ2n) is 13.0. The lowest BCUT2D eigenvalue weighted by atomic mass is 10.00. The van der Waals surface area contributed by atoms with Gasteiger partial charge in [0.1, 0.15) is 29.5 Å². The summed E-state index contributed by atoms with van der Waals surface area (Å²) in [4.78, 5) is 64.2. The molecule has 0 radical (unpaired) electrons. The van der Waals surface area contributed by atoms with E-state index in [4.69, 9.17) is 10.6 Å². The molecule has 3 aliphatic rings. The molecule has 3 aromatic rings. The van der Waals surface area contributed by atoms with Crippen LogP contribution >= 0.6 is 34.9 Å². The maximum atomic E-state index is 15.8. The maximum Gasteiger partial charge on any atom is 0.350 e. The van der Waals surface area contributed by atoms with Gasteiger partial charge < -0.3 is 36.2 Å². The number of carbonyl (C=O) groups excluding carboxylic acids is 3. The van der Waals surface area contributed by atoms with Crippen LogP contribution < -0.4 is 26.0 Å². The molecule has 0 aliphatic carbocycles. The number of piperazine rings is 1. The number of benzene rings is 1. The monoisotopic (exact) mass is 786 g/mol. The Labute approximate surface area is 316 Å². The first-order valence-electron chi connectivity index (χ1n) is 16.9. The molecule has 2 fully saturated rings. The van der Waals surface area contributed by atoms with Gasteiger partial charge in [-0.3, -0.25) is 19.4 Å².